The second kappa shape index (κ2) is 5.02. The van der Waals surface area contributed by atoms with E-state index in [0.29, 0.717) is 16.2 Å². The molecule has 0 aliphatic heterocycles. The van der Waals surface area contributed by atoms with Crippen molar-refractivity contribution < 1.29 is 19.0 Å². The zero-order valence-corrected chi connectivity index (χ0v) is 9.23. The largest absolute Gasteiger partial charge is 0.495 e. The van der Waals surface area contributed by atoms with Gasteiger partial charge in [0.2, 0.25) is 0 Å². The number of carboxylic acids is 1. The lowest BCUT2D eigenvalue weighted by molar-refractivity contribution is -0.136. The van der Waals surface area contributed by atoms with Crippen LogP contribution >= 0.6 is 11.8 Å². The summed E-state index contributed by atoms with van der Waals surface area (Å²) < 4.78 is 18.2. The van der Waals surface area contributed by atoms with Crippen molar-refractivity contribution in [2.75, 3.05) is 13.4 Å². The standard InChI is InChI=1S/C10H11FO3S/c1-14-10-6(4-9(12)13)3-7(11)5-8(10)15-2/h3,5H,4H2,1-2H3,(H,12,13). The topological polar surface area (TPSA) is 46.5 Å². The summed E-state index contributed by atoms with van der Waals surface area (Å²) in [5, 5.41) is 8.66. The Hall–Kier alpha value is -1.23. The van der Waals surface area contributed by atoms with Crippen molar-refractivity contribution in [3.8, 4) is 5.75 Å². The Morgan fingerprint density at radius 1 is 1.60 bits per heavy atom. The van der Waals surface area contributed by atoms with Crippen LogP contribution in [0.15, 0.2) is 17.0 Å². The van der Waals surface area contributed by atoms with Crippen LogP contribution < -0.4 is 4.74 Å². The molecule has 0 aliphatic rings. The lowest BCUT2D eigenvalue weighted by Gasteiger charge is -2.11. The molecule has 0 aromatic heterocycles. The lowest BCUT2D eigenvalue weighted by atomic mass is 10.1. The second-order valence-corrected chi connectivity index (χ2v) is 3.72. The van der Waals surface area contributed by atoms with E-state index < -0.39 is 11.8 Å². The summed E-state index contributed by atoms with van der Waals surface area (Å²) in [7, 11) is 1.44. The monoisotopic (exact) mass is 230 g/mol. The van der Waals surface area contributed by atoms with Gasteiger partial charge in [-0.25, -0.2) is 4.39 Å². The Labute approximate surface area is 91.2 Å². The maximum Gasteiger partial charge on any atom is 0.307 e. The Bertz CT molecular complexity index is 379. The quantitative estimate of drug-likeness (QED) is 0.805. The highest BCUT2D eigenvalue weighted by Gasteiger charge is 2.13. The van der Waals surface area contributed by atoms with Gasteiger partial charge in [-0.05, 0) is 18.4 Å². The molecular weight excluding hydrogens is 219 g/mol. The maximum atomic E-state index is 13.1. The fraction of sp³-hybridized carbons (Fsp3) is 0.300. The first-order valence-corrected chi connectivity index (χ1v) is 5.43. The molecule has 0 fully saturated rings. The highest BCUT2D eigenvalue weighted by molar-refractivity contribution is 7.98. The lowest BCUT2D eigenvalue weighted by Crippen LogP contribution is -2.03. The van der Waals surface area contributed by atoms with E-state index in [1.54, 1.807) is 6.26 Å². The number of halogens is 1. The van der Waals surface area contributed by atoms with Gasteiger partial charge in [0.05, 0.1) is 18.4 Å². The second-order valence-electron chi connectivity index (χ2n) is 2.87. The number of thioether (sulfide) groups is 1. The van der Waals surface area contributed by atoms with Crippen LogP contribution in [0, 0.1) is 5.82 Å². The summed E-state index contributed by atoms with van der Waals surface area (Å²) in [5.41, 5.74) is 0.356. The average molecular weight is 230 g/mol. The minimum atomic E-state index is -1.01. The number of hydrogen-bond donors (Lipinski definition) is 1. The van der Waals surface area contributed by atoms with E-state index in [2.05, 4.69) is 0 Å². The number of carbonyl (C=O) groups is 1. The van der Waals surface area contributed by atoms with E-state index in [-0.39, 0.29) is 6.42 Å². The van der Waals surface area contributed by atoms with Gasteiger partial charge in [0.1, 0.15) is 11.6 Å². The fourth-order valence-electron chi connectivity index (χ4n) is 1.30. The van der Waals surface area contributed by atoms with Gasteiger partial charge in [-0.1, -0.05) is 0 Å². The molecule has 15 heavy (non-hydrogen) atoms. The number of ether oxygens (including phenoxy) is 1. The predicted molar refractivity (Wildman–Crippen MR) is 56.1 cm³/mol. The molecule has 5 heteroatoms. The van der Waals surface area contributed by atoms with Gasteiger partial charge in [-0.3, -0.25) is 4.79 Å². The molecule has 0 unspecified atom stereocenters. The first kappa shape index (κ1) is 11.8. The summed E-state index contributed by atoms with van der Waals surface area (Å²) in [6, 6.07) is 2.52. The van der Waals surface area contributed by atoms with Gasteiger partial charge in [0.25, 0.3) is 0 Å². The highest BCUT2D eigenvalue weighted by atomic mass is 32.2. The minimum Gasteiger partial charge on any atom is -0.495 e. The maximum absolute atomic E-state index is 13.1. The van der Waals surface area contributed by atoms with Crippen LogP contribution in [0.4, 0.5) is 4.39 Å². The summed E-state index contributed by atoms with van der Waals surface area (Å²) in [5.74, 6) is -1.02. The van der Waals surface area contributed by atoms with E-state index in [0.717, 1.165) is 0 Å². The molecule has 1 aromatic rings. The molecule has 3 nitrogen and oxygen atoms in total. The third-order valence-electron chi connectivity index (χ3n) is 1.86. The van der Waals surface area contributed by atoms with Crippen LogP contribution in [-0.4, -0.2) is 24.4 Å². The van der Waals surface area contributed by atoms with E-state index in [1.165, 1.54) is 31.0 Å². The Balaban J connectivity index is 3.22. The van der Waals surface area contributed by atoms with Crippen LogP contribution in [0.25, 0.3) is 0 Å². The molecule has 0 amide bonds. The molecule has 1 aromatic carbocycles. The Kier molecular flexibility index (Phi) is 3.96. The summed E-state index contributed by atoms with van der Waals surface area (Å²) in [6.07, 6.45) is 1.54. The Morgan fingerprint density at radius 2 is 2.27 bits per heavy atom. The van der Waals surface area contributed by atoms with Crippen molar-refractivity contribution in [3.05, 3.63) is 23.5 Å². The third kappa shape index (κ3) is 2.86. The predicted octanol–water partition coefficient (Wildman–Crippen LogP) is 2.18. The van der Waals surface area contributed by atoms with E-state index >= 15 is 0 Å². The minimum absolute atomic E-state index is 0.242. The smallest absolute Gasteiger partial charge is 0.307 e. The molecule has 82 valence electrons. The number of aliphatic carboxylic acids is 1. The number of hydrogen-bond acceptors (Lipinski definition) is 3. The van der Waals surface area contributed by atoms with Gasteiger partial charge < -0.3 is 9.84 Å². The van der Waals surface area contributed by atoms with Crippen molar-refractivity contribution in [1.82, 2.24) is 0 Å². The molecule has 0 bridgehead atoms. The molecule has 1 N–H and O–H groups in total. The third-order valence-corrected chi connectivity index (χ3v) is 2.61. The molecule has 1 rings (SSSR count). The van der Waals surface area contributed by atoms with Crippen LogP contribution in [0.2, 0.25) is 0 Å². The SMILES string of the molecule is COc1c(CC(=O)O)cc(F)cc1SC. The average Bonchev–Trinajstić information content (AvgIpc) is 2.15. The summed E-state index contributed by atoms with van der Waals surface area (Å²) >= 11 is 1.32. The van der Waals surface area contributed by atoms with Crippen molar-refractivity contribution in [3.63, 3.8) is 0 Å². The van der Waals surface area contributed by atoms with Crippen LogP contribution in [0.5, 0.6) is 5.75 Å². The first-order chi connectivity index (χ1) is 7.08. The number of carboxylic acid groups (broad SMARTS) is 1. The molecule has 0 aliphatic carbocycles. The zero-order chi connectivity index (χ0) is 11.4. The van der Waals surface area contributed by atoms with Crippen LogP contribution in [-0.2, 0) is 11.2 Å². The summed E-state index contributed by atoms with van der Waals surface area (Å²) in [6.45, 7) is 0. The Morgan fingerprint density at radius 3 is 2.73 bits per heavy atom. The number of methoxy groups -OCH3 is 1. The van der Waals surface area contributed by atoms with E-state index in [1.807, 2.05) is 0 Å². The van der Waals surface area contributed by atoms with E-state index in [9.17, 15) is 9.18 Å². The van der Waals surface area contributed by atoms with Crippen molar-refractivity contribution in [2.45, 2.75) is 11.3 Å². The van der Waals surface area contributed by atoms with E-state index in [4.69, 9.17) is 9.84 Å². The molecule has 0 saturated carbocycles. The zero-order valence-electron chi connectivity index (χ0n) is 8.41. The number of rotatable bonds is 4. The molecule has 0 atom stereocenters. The van der Waals surface area contributed by atoms with Crippen molar-refractivity contribution in [2.24, 2.45) is 0 Å². The highest BCUT2D eigenvalue weighted by Crippen LogP contribution is 2.32. The molecule has 0 heterocycles. The van der Waals surface area contributed by atoms with Crippen LogP contribution in [0.3, 0.4) is 0 Å². The molecule has 0 spiro atoms. The molecule has 0 saturated heterocycles. The van der Waals surface area contributed by atoms with Crippen molar-refractivity contribution >= 4 is 17.7 Å². The fourth-order valence-corrected chi connectivity index (χ4v) is 1.93. The van der Waals surface area contributed by atoms with Gasteiger partial charge in [0.15, 0.2) is 0 Å². The van der Waals surface area contributed by atoms with Gasteiger partial charge >= 0.3 is 5.97 Å². The number of benzene rings is 1. The molecule has 0 radical (unpaired) electrons. The van der Waals surface area contributed by atoms with Gasteiger partial charge in [-0.15, -0.1) is 11.8 Å². The normalized spacial score (nSPS) is 10.1. The molecular formula is C10H11FO3S. The van der Waals surface area contributed by atoms with Crippen LogP contribution in [0.1, 0.15) is 5.56 Å². The summed E-state index contributed by atoms with van der Waals surface area (Å²) in [4.78, 5) is 11.2. The van der Waals surface area contributed by atoms with Gasteiger partial charge in [-0.2, -0.15) is 0 Å². The first-order valence-electron chi connectivity index (χ1n) is 4.20. The van der Waals surface area contributed by atoms with Crippen molar-refractivity contribution in [1.29, 1.82) is 0 Å². The van der Waals surface area contributed by atoms with Gasteiger partial charge in [0, 0.05) is 5.56 Å².